The van der Waals surface area contributed by atoms with Crippen LogP contribution in [-0.4, -0.2) is 19.0 Å². The molecule has 0 amide bonds. The van der Waals surface area contributed by atoms with Crippen LogP contribution in [0.25, 0.3) is 0 Å². The maximum atomic E-state index is 3.36. The van der Waals surface area contributed by atoms with Gasteiger partial charge in [0.15, 0.2) is 0 Å². The zero-order valence-electron chi connectivity index (χ0n) is 34.3. The van der Waals surface area contributed by atoms with Gasteiger partial charge >= 0.3 is 52.4 Å². The maximum Gasteiger partial charge on any atom is 3.00 e. The minimum Gasteiger partial charge on any atom is -1.00 e. The molecule has 4 aliphatic rings. The summed E-state index contributed by atoms with van der Waals surface area (Å²) in [6, 6.07) is 0. The normalized spacial score (nSPS) is 17.6. The first-order chi connectivity index (χ1) is 21.9. The van der Waals surface area contributed by atoms with E-state index in [0.717, 1.165) is 31.9 Å². The molecule has 0 aromatic heterocycles. The fourth-order valence-electron chi connectivity index (χ4n) is 4.46. The zero-order chi connectivity index (χ0) is 35.3. The van der Waals surface area contributed by atoms with E-state index in [1.54, 1.807) is 0 Å². The first-order valence-corrected chi connectivity index (χ1v) is 22.5. The van der Waals surface area contributed by atoms with Crippen LogP contribution in [0.4, 0.5) is 0 Å². The van der Waals surface area contributed by atoms with Crippen molar-refractivity contribution in [3.8, 4) is 0 Å². The summed E-state index contributed by atoms with van der Waals surface area (Å²) in [6.45, 7) is 30.6. The Labute approximate surface area is 368 Å². The molecule has 4 radical (unpaired) electrons. The molecule has 0 saturated heterocycles. The van der Waals surface area contributed by atoms with Crippen LogP contribution in [0, 0.1) is 36.1 Å². The van der Waals surface area contributed by atoms with Gasteiger partial charge in [-0.25, -0.2) is 23.3 Å². The molecule has 2 unspecified atom stereocenters. The van der Waals surface area contributed by atoms with Crippen molar-refractivity contribution in [1.29, 1.82) is 0 Å². The number of hydrogen-bond acceptors (Lipinski definition) is 0. The molecule has 2 atom stereocenters. The third-order valence-corrected chi connectivity index (χ3v) is 7.99. The average molecular weight is 909 g/mol. The van der Waals surface area contributed by atoms with Crippen LogP contribution in [-0.2, 0) is 52.4 Å². The van der Waals surface area contributed by atoms with Crippen LogP contribution in [0.3, 0.4) is 0 Å². The Morgan fingerprint density at radius 3 is 1.08 bits per heavy atom. The Bertz CT molecular complexity index is 1060. The Morgan fingerprint density at radius 1 is 0.620 bits per heavy atom. The topological polar surface area (TPSA) is 0 Å². The second kappa shape index (κ2) is 41.9. The first kappa shape index (κ1) is 62.2. The van der Waals surface area contributed by atoms with Gasteiger partial charge in [0.25, 0.3) is 0 Å². The number of unbranched alkanes of at least 4 members (excludes halogenated alkanes) is 4. The van der Waals surface area contributed by atoms with Crippen molar-refractivity contribution in [2.45, 2.75) is 147 Å². The molecule has 0 heterocycles. The molecule has 0 N–H and O–H groups in total. The van der Waals surface area contributed by atoms with E-state index in [1.165, 1.54) is 83.1 Å². The molecule has 6 heteroatoms. The largest absolute Gasteiger partial charge is 3.00 e. The Hall–Kier alpha value is 0.180. The molecule has 0 nitrogen and oxygen atoms in total. The van der Waals surface area contributed by atoms with Gasteiger partial charge in [-0.15, -0.1) is 51.0 Å². The first-order valence-electron chi connectivity index (χ1n) is 17.8. The van der Waals surface area contributed by atoms with E-state index < -0.39 is 0 Å². The van der Waals surface area contributed by atoms with E-state index >= 15 is 0 Å². The minimum atomic E-state index is 0. The second-order valence-electron chi connectivity index (χ2n) is 12.4. The number of allylic oxidation sites excluding steroid dienone is 20. The van der Waals surface area contributed by atoms with Crippen molar-refractivity contribution >= 4 is 19.0 Å². The SMILES string of the molecule is CC1=[C-]C(C)C(C)=C1C.CC1=[C-]C(C)C(C)=C1C.CCCC/C=C/C1=CC[C-]=C1.CCCC/C=C/C1=CC[C-]=C1.C[SiH]C.C[SiH]C.[Cl-].[Cl-].[Zr+3].[Zr+3]. The fourth-order valence-corrected chi connectivity index (χ4v) is 4.46. The maximum absolute atomic E-state index is 3.36. The van der Waals surface area contributed by atoms with Gasteiger partial charge in [-0.2, -0.15) is 45.6 Å². The van der Waals surface area contributed by atoms with Crippen molar-refractivity contribution < 1.29 is 77.2 Å². The van der Waals surface area contributed by atoms with Gasteiger partial charge in [-0.05, 0) is 12.8 Å². The quantitative estimate of drug-likeness (QED) is 0.136. The van der Waals surface area contributed by atoms with Crippen LogP contribution in [0.15, 0.2) is 93.2 Å². The molecule has 0 fully saturated rings. The van der Waals surface area contributed by atoms with Gasteiger partial charge in [-0.1, -0.05) is 119 Å². The number of hydrogen-bond donors (Lipinski definition) is 0. The van der Waals surface area contributed by atoms with Crippen molar-refractivity contribution in [2.75, 3.05) is 0 Å². The Balaban J connectivity index is -0.000000120. The molecular weight excluding hydrogens is 838 g/mol. The molecule has 4 rings (SSSR count). The van der Waals surface area contributed by atoms with E-state index in [2.05, 4.69) is 168 Å². The van der Waals surface area contributed by atoms with E-state index in [0.29, 0.717) is 11.8 Å². The summed E-state index contributed by atoms with van der Waals surface area (Å²) < 4.78 is 0. The van der Waals surface area contributed by atoms with Gasteiger partial charge in [-0.3, -0.25) is 24.3 Å². The van der Waals surface area contributed by atoms with Crippen molar-refractivity contribution in [2.24, 2.45) is 11.8 Å². The molecule has 50 heavy (non-hydrogen) atoms. The third kappa shape index (κ3) is 31.7. The Kier molecular flexibility index (Phi) is 52.1. The van der Waals surface area contributed by atoms with E-state index in [9.17, 15) is 0 Å². The van der Waals surface area contributed by atoms with Gasteiger partial charge < -0.3 is 24.8 Å². The molecule has 276 valence electrons. The smallest absolute Gasteiger partial charge is 1.00 e. The van der Waals surface area contributed by atoms with E-state index in [-0.39, 0.29) is 77.2 Å². The molecular formula is C44H70Cl2Si2Zr2. The van der Waals surface area contributed by atoms with Gasteiger partial charge in [0, 0.05) is 19.0 Å². The molecule has 0 aromatic rings. The van der Waals surface area contributed by atoms with E-state index in [1.807, 2.05) is 0 Å². The zero-order valence-corrected chi connectivity index (χ0v) is 43.1. The molecule has 0 aliphatic heterocycles. The van der Waals surface area contributed by atoms with Gasteiger partial charge in [0.2, 0.25) is 0 Å². The van der Waals surface area contributed by atoms with Crippen LogP contribution < -0.4 is 24.8 Å². The van der Waals surface area contributed by atoms with E-state index in [4.69, 9.17) is 0 Å². The minimum absolute atomic E-state index is 0. The average Bonchev–Trinajstić information content (AvgIpc) is 3.83. The summed E-state index contributed by atoms with van der Waals surface area (Å²) in [5.74, 6) is 1.12. The predicted octanol–water partition coefficient (Wildman–Crippen LogP) is 7.33. The van der Waals surface area contributed by atoms with Gasteiger partial charge in [0.05, 0.1) is 0 Å². The van der Waals surface area contributed by atoms with Crippen LogP contribution >= 0.6 is 0 Å². The summed E-state index contributed by atoms with van der Waals surface area (Å²) >= 11 is 0. The summed E-state index contributed by atoms with van der Waals surface area (Å²) in [4.78, 5) is 0. The standard InChI is InChI=1S/2C11H15.2C9H13.2C2H7Si.2ClH.2Zr/c2*1-2-3-4-5-8-11-9-6-7-10-11;2*1-6-5-7(2)9(4)8(6)3;2*1-3-2;;;;/h2*5,8-10H,2-4,6H2,1H3;2*6H,1-4H3;2*3H,1-2H3;2*1H;;/q4*-1;;;;;2*+3/p-2/b2*8-5+;;;;;;;;. The third-order valence-electron chi connectivity index (χ3n) is 7.99. The fraction of sp³-hybridized carbons (Fsp3) is 0.545. The summed E-state index contributed by atoms with van der Waals surface area (Å²) in [6.07, 6.45) is 40.0. The molecule has 0 bridgehead atoms. The van der Waals surface area contributed by atoms with Crippen LogP contribution in [0.5, 0.6) is 0 Å². The van der Waals surface area contributed by atoms with Crippen molar-refractivity contribution in [1.82, 2.24) is 0 Å². The molecule has 0 saturated carbocycles. The Morgan fingerprint density at radius 2 is 0.920 bits per heavy atom. The monoisotopic (exact) mass is 904 g/mol. The number of rotatable bonds is 8. The van der Waals surface area contributed by atoms with Crippen molar-refractivity contribution in [3.05, 3.63) is 117 Å². The van der Waals surface area contributed by atoms with Gasteiger partial charge in [0.1, 0.15) is 0 Å². The predicted molar refractivity (Wildman–Crippen MR) is 216 cm³/mol. The molecule has 0 aromatic carbocycles. The van der Waals surface area contributed by atoms with Crippen molar-refractivity contribution in [3.63, 3.8) is 0 Å². The number of halogens is 2. The molecule has 0 spiro atoms. The summed E-state index contributed by atoms with van der Waals surface area (Å²) in [5, 5.41) is 0. The van der Waals surface area contributed by atoms with Crippen LogP contribution in [0.2, 0.25) is 26.2 Å². The molecule has 4 aliphatic carbocycles. The summed E-state index contributed by atoms with van der Waals surface area (Å²) in [5.41, 5.74) is 11.1. The second-order valence-corrected chi connectivity index (χ2v) is 14.7. The van der Waals surface area contributed by atoms with Crippen LogP contribution in [0.1, 0.15) is 121 Å². The summed E-state index contributed by atoms with van der Waals surface area (Å²) in [7, 11) is 1.50.